The molecule has 0 aliphatic rings. The molecule has 0 saturated heterocycles. The molecular weight excluding hydrogens is 1150 g/mol. The van der Waals surface area contributed by atoms with Crippen molar-refractivity contribution in [2.75, 3.05) is 39.6 Å². The molecule has 0 radical (unpaired) electrons. The minimum Gasteiger partial charge on any atom is -0.462 e. The Balaban J connectivity index is 5.19. The fourth-order valence-electron chi connectivity index (χ4n) is 10.2. The second-order valence-electron chi connectivity index (χ2n) is 25.3. The number of phosphoric acid groups is 2. The van der Waals surface area contributed by atoms with Crippen molar-refractivity contribution in [3.63, 3.8) is 0 Å². The van der Waals surface area contributed by atoms with E-state index in [1.165, 1.54) is 148 Å². The Morgan fingerprint density at radius 3 is 0.874 bits per heavy atom. The molecule has 0 aliphatic carbocycles. The van der Waals surface area contributed by atoms with Gasteiger partial charge < -0.3 is 33.8 Å². The summed E-state index contributed by atoms with van der Waals surface area (Å²) in [4.78, 5) is 72.3. The van der Waals surface area contributed by atoms with E-state index < -0.39 is 97.5 Å². The summed E-state index contributed by atoms with van der Waals surface area (Å²) in [6.45, 7) is 9.42. The van der Waals surface area contributed by atoms with Crippen LogP contribution in [0.4, 0.5) is 0 Å². The molecule has 0 amide bonds. The zero-order chi connectivity index (χ0) is 64.3. The van der Waals surface area contributed by atoms with Crippen molar-refractivity contribution in [2.45, 2.75) is 362 Å². The van der Waals surface area contributed by atoms with Crippen LogP contribution in [-0.4, -0.2) is 96.7 Å². The Morgan fingerprint density at radius 1 is 0.333 bits per heavy atom. The lowest BCUT2D eigenvalue weighted by molar-refractivity contribution is -0.161. The molecule has 6 atom stereocenters. The quantitative estimate of drug-likeness (QED) is 0.0222. The molecule has 0 saturated carbocycles. The number of aliphatic hydroxyl groups excluding tert-OH is 1. The van der Waals surface area contributed by atoms with Gasteiger partial charge in [0.1, 0.15) is 19.3 Å². The van der Waals surface area contributed by atoms with E-state index in [4.69, 9.17) is 37.0 Å². The minimum atomic E-state index is -4.95. The molecule has 516 valence electrons. The Bertz CT molecular complexity index is 1700. The maximum atomic E-state index is 13.0. The zero-order valence-corrected chi connectivity index (χ0v) is 58.1. The van der Waals surface area contributed by atoms with Crippen LogP contribution in [0.2, 0.25) is 0 Å². The summed E-state index contributed by atoms with van der Waals surface area (Å²) < 4.78 is 68.1. The Labute approximate surface area is 530 Å². The van der Waals surface area contributed by atoms with E-state index >= 15 is 0 Å². The summed E-state index contributed by atoms with van der Waals surface area (Å²) in [6, 6.07) is 0. The zero-order valence-electron chi connectivity index (χ0n) is 56.3. The number of rotatable bonds is 67. The smallest absolute Gasteiger partial charge is 0.462 e. The first kappa shape index (κ1) is 85.1. The van der Waals surface area contributed by atoms with E-state index in [0.29, 0.717) is 25.7 Å². The molecule has 19 heteroatoms. The number of unbranched alkanes of at least 4 members (excludes halogenated alkanes) is 36. The van der Waals surface area contributed by atoms with Crippen LogP contribution in [0.1, 0.15) is 343 Å². The summed E-state index contributed by atoms with van der Waals surface area (Å²) in [5, 5.41) is 10.6. The lowest BCUT2D eigenvalue weighted by Gasteiger charge is -2.21. The molecular formula is C68H132O17P2. The van der Waals surface area contributed by atoms with E-state index in [1.54, 1.807) is 0 Å². The fraction of sp³-hybridized carbons (Fsp3) is 0.941. The molecule has 0 spiro atoms. The van der Waals surface area contributed by atoms with Crippen molar-refractivity contribution < 1.29 is 80.2 Å². The number of phosphoric ester groups is 2. The van der Waals surface area contributed by atoms with Crippen LogP contribution in [0.15, 0.2) is 0 Å². The maximum Gasteiger partial charge on any atom is 0.472 e. The molecule has 0 aromatic carbocycles. The Hall–Kier alpha value is -1.94. The fourth-order valence-corrected chi connectivity index (χ4v) is 11.8. The van der Waals surface area contributed by atoms with Crippen molar-refractivity contribution in [1.29, 1.82) is 0 Å². The van der Waals surface area contributed by atoms with Gasteiger partial charge in [-0.1, -0.05) is 292 Å². The largest absolute Gasteiger partial charge is 0.472 e. The number of esters is 4. The topological polar surface area (TPSA) is 237 Å². The Kier molecular flexibility index (Phi) is 59.0. The molecule has 0 fully saturated rings. The predicted octanol–water partition coefficient (Wildman–Crippen LogP) is 19.2. The van der Waals surface area contributed by atoms with E-state index in [9.17, 15) is 43.2 Å². The standard InChI is InChI=1S/C68H132O17P2/c1-7-10-12-14-16-17-18-19-20-21-22-23-24-25-28-33-40-46-52-67(72)84-63(57-79-66(71)51-45-39-32-29-26-27-31-36-42-48-60(4)5)58-82-86(74,75)80-54-62(69)55-81-87(76,77)83-59-64(56-78-65(70)50-44-38-30-15-13-11-8-2)85-68(73)53-47-41-35-34-37-43-49-61(6)9-3/h60-64,69H,7-59H2,1-6H3,(H,74,75)(H,76,77)/t61?,62-,63-,64-/m1/s1. The highest BCUT2D eigenvalue weighted by Crippen LogP contribution is 2.45. The average molecular weight is 1280 g/mol. The van der Waals surface area contributed by atoms with Gasteiger partial charge in [-0.25, -0.2) is 9.13 Å². The first-order chi connectivity index (χ1) is 41.9. The lowest BCUT2D eigenvalue weighted by atomic mass is 10.00. The second-order valence-corrected chi connectivity index (χ2v) is 28.2. The molecule has 3 unspecified atom stereocenters. The first-order valence-corrected chi connectivity index (χ1v) is 38.5. The van der Waals surface area contributed by atoms with Gasteiger partial charge in [-0.15, -0.1) is 0 Å². The summed E-state index contributed by atoms with van der Waals surface area (Å²) in [5.41, 5.74) is 0. The number of hydrogen-bond acceptors (Lipinski definition) is 15. The summed E-state index contributed by atoms with van der Waals surface area (Å²) in [6.07, 6.45) is 44.7. The first-order valence-electron chi connectivity index (χ1n) is 35.5. The van der Waals surface area contributed by atoms with Crippen LogP contribution in [-0.2, 0) is 65.4 Å². The van der Waals surface area contributed by atoms with E-state index in [-0.39, 0.29) is 25.7 Å². The summed E-state index contributed by atoms with van der Waals surface area (Å²) >= 11 is 0. The third kappa shape index (κ3) is 61.3. The van der Waals surface area contributed by atoms with Crippen LogP contribution in [0.25, 0.3) is 0 Å². The molecule has 0 aliphatic heterocycles. The third-order valence-electron chi connectivity index (χ3n) is 16.1. The van der Waals surface area contributed by atoms with Gasteiger partial charge in [0.2, 0.25) is 0 Å². The van der Waals surface area contributed by atoms with Crippen LogP contribution in [0.5, 0.6) is 0 Å². The third-order valence-corrected chi connectivity index (χ3v) is 18.0. The van der Waals surface area contributed by atoms with Gasteiger partial charge in [0.05, 0.1) is 26.4 Å². The Morgan fingerprint density at radius 2 is 0.586 bits per heavy atom. The lowest BCUT2D eigenvalue weighted by Crippen LogP contribution is -2.30. The number of carbonyl (C=O) groups is 4. The van der Waals surface area contributed by atoms with Crippen LogP contribution in [0.3, 0.4) is 0 Å². The van der Waals surface area contributed by atoms with Gasteiger partial charge in [0.15, 0.2) is 12.2 Å². The SMILES string of the molecule is CCCCCCCCCCCCCCCCCCCCC(=O)O[C@H](COC(=O)CCCCCCCCCCCC(C)C)COP(=O)(O)OC[C@@H](O)COP(=O)(O)OC[C@@H](COC(=O)CCCCCCCCC)OC(=O)CCCCCCCCC(C)CC. The molecule has 87 heavy (non-hydrogen) atoms. The maximum absolute atomic E-state index is 13.0. The number of hydrogen-bond donors (Lipinski definition) is 3. The average Bonchev–Trinajstić information content (AvgIpc) is 3.70. The highest BCUT2D eigenvalue weighted by Gasteiger charge is 2.30. The van der Waals surface area contributed by atoms with Crippen molar-refractivity contribution in [3.8, 4) is 0 Å². The van der Waals surface area contributed by atoms with E-state index in [2.05, 4.69) is 41.5 Å². The monoisotopic (exact) mass is 1280 g/mol. The number of aliphatic hydroxyl groups is 1. The predicted molar refractivity (Wildman–Crippen MR) is 349 cm³/mol. The highest BCUT2D eigenvalue weighted by atomic mass is 31.2. The normalized spacial score (nSPS) is 14.5. The van der Waals surface area contributed by atoms with Crippen LogP contribution < -0.4 is 0 Å². The summed E-state index contributed by atoms with van der Waals surface area (Å²) in [7, 11) is -9.89. The van der Waals surface area contributed by atoms with Crippen molar-refractivity contribution in [3.05, 3.63) is 0 Å². The number of carbonyl (C=O) groups excluding carboxylic acids is 4. The second kappa shape index (κ2) is 60.3. The van der Waals surface area contributed by atoms with Crippen molar-refractivity contribution in [2.24, 2.45) is 11.8 Å². The van der Waals surface area contributed by atoms with Gasteiger partial charge in [0, 0.05) is 25.7 Å². The number of ether oxygens (including phenoxy) is 4. The highest BCUT2D eigenvalue weighted by molar-refractivity contribution is 7.47. The molecule has 17 nitrogen and oxygen atoms in total. The molecule has 0 heterocycles. The van der Waals surface area contributed by atoms with Gasteiger partial charge >= 0.3 is 39.5 Å². The van der Waals surface area contributed by atoms with Gasteiger partial charge in [-0.3, -0.25) is 37.3 Å². The van der Waals surface area contributed by atoms with Crippen molar-refractivity contribution in [1.82, 2.24) is 0 Å². The van der Waals surface area contributed by atoms with E-state index in [0.717, 1.165) is 115 Å². The van der Waals surface area contributed by atoms with Gasteiger partial charge in [0.25, 0.3) is 0 Å². The van der Waals surface area contributed by atoms with E-state index in [1.807, 2.05) is 0 Å². The van der Waals surface area contributed by atoms with Crippen LogP contribution in [0, 0.1) is 11.8 Å². The molecule has 0 bridgehead atoms. The molecule has 0 aromatic rings. The molecule has 0 aromatic heterocycles. The van der Waals surface area contributed by atoms with Crippen molar-refractivity contribution >= 4 is 39.5 Å². The van der Waals surface area contributed by atoms with Gasteiger partial charge in [-0.05, 0) is 37.5 Å². The summed E-state index contributed by atoms with van der Waals surface area (Å²) in [5.74, 6) is -0.670. The van der Waals surface area contributed by atoms with Crippen LogP contribution >= 0.6 is 15.6 Å². The minimum absolute atomic E-state index is 0.103. The molecule has 3 N–H and O–H groups in total. The molecule has 0 rings (SSSR count). The van der Waals surface area contributed by atoms with Gasteiger partial charge in [-0.2, -0.15) is 0 Å².